The average molecular weight is 292 g/mol. The van der Waals surface area contributed by atoms with Crippen LogP contribution in [0.2, 0.25) is 0 Å². The zero-order valence-corrected chi connectivity index (χ0v) is 11.3. The molecule has 4 nitrogen and oxygen atoms in total. The Hall–Kier alpha value is -2.63. The molecule has 2 aromatic rings. The Balaban J connectivity index is 1.97. The number of hydrogen-bond acceptors (Lipinski definition) is 3. The number of carbonyl (C=O) groups is 1. The van der Waals surface area contributed by atoms with Crippen LogP contribution in [0.15, 0.2) is 36.4 Å². The molecule has 0 fully saturated rings. The van der Waals surface area contributed by atoms with Crippen LogP contribution in [-0.2, 0) is 4.79 Å². The van der Waals surface area contributed by atoms with E-state index < -0.39 is 17.5 Å². The largest absolute Gasteiger partial charge is 0.484 e. The fourth-order valence-electron chi connectivity index (χ4n) is 1.72. The zero-order chi connectivity index (χ0) is 15.4. The van der Waals surface area contributed by atoms with E-state index in [0.29, 0.717) is 11.4 Å². The normalized spacial score (nSPS) is 10.2. The van der Waals surface area contributed by atoms with Gasteiger partial charge in [-0.1, -0.05) is 6.07 Å². The second kappa shape index (κ2) is 6.21. The number of nitrogen functional groups attached to an aromatic ring is 1. The molecule has 0 unspecified atom stereocenters. The van der Waals surface area contributed by atoms with Crippen LogP contribution in [0.3, 0.4) is 0 Å². The van der Waals surface area contributed by atoms with Gasteiger partial charge in [-0.25, -0.2) is 8.78 Å². The lowest BCUT2D eigenvalue weighted by molar-refractivity contribution is -0.118. The van der Waals surface area contributed by atoms with E-state index in [1.165, 1.54) is 0 Å². The summed E-state index contributed by atoms with van der Waals surface area (Å²) in [6, 6.07) is 7.84. The van der Waals surface area contributed by atoms with Gasteiger partial charge in [0.1, 0.15) is 17.4 Å². The average Bonchev–Trinajstić information content (AvgIpc) is 2.40. The molecule has 0 bridgehead atoms. The maximum absolute atomic E-state index is 13.0. The van der Waals surface area contributed by atoms with Crippen molar-refractivity contribution in [1.29, 1.82) is 0 Å². The molecular formula is C15H14F2N2O2. The second-order valence-electron chi connectivity index (χ2n) is 4.52. The van der Waals surface area contributed by atoms with E-state index in [9.17, 15) is 13.6 Å². The molecule has 0 heterocycles. The minimum Gasteiger partial charge on any atom is -0.484 e. The van der Waals surface area contributed by atoms with E-state index in [2.05, 4.69) is 5.32 Å². The van der Waals surface area contributed by atoms with Crippen LogP contribution >= 0.6 is 0 Å². The molecule has 0 aliphatic carbocycles. The molecule has 0 aliphatic heterocycles. The van der Waals surface area contributed by atoms with Gasteiger partial charge in [0.2, 0.25) is 0 Å². The van der Waals surface area contributed by atoms with Gasteiger partial charge in [-0.3, -0.25) is 4.79 Å². The third kappa shape index (κ3) is 4.17. The van der Waals surface area contributed by atoms with Gasteiger partial charge in [0, 0.05) is 29.6 Å². The number of hydrogen-bond donors (Lipinski definition) is 2. The van der Waals surface area contributed by atoms with Crippen molar-refractivity contribution in [2.75, 3.05) is 17.7 Å². The van der Waals surface area contributed by atoms with E-state index in [1.807, 2.05) is 6.92 Å². The van der Waals surface area contributed by atoms with Gasteiger partial charge in [-0.2, -0.15) is 0 Å². The van der Waals surface area contributed by atoms with Gasteiger partial charge >= 0.3 is 0 Å². The number of amides is 1. The Kier molecular flexibility index (Phi) is 4.37. The first kappa shape index (κ1) is 14.8. The summed E-state index contributed by atoms with van der Waals surface area (Å²) in [6.07, 6.45) is 0. The summed E-state index contributed by atoms with van der Waals surface area (Å²) in [5, 5.41) is 2.62. The molecule has 2 rings (SSSR count). The van der Waals surface area contributed by atoms with Crippen molar-refractivity contribution in [3.8, 4) is 5.75 Å². The molecule has 0 atom stereocenters. The zero-order valence-electron chi connectivity index (χ0n) is 11.3. The highest BCUT2D eigenvalue weighted by Crippen LogP contribution is 2.18. The molecule has 6 heteroatoms. The Labute approximate surface area is 120 Å². The smallest absolute Gasteiger partial charge is 0.262 e. The van der Waals surface area contributed by atoms with Gasteiger partial charge in [0.05, 0.1) is 0 Å². The quantitative estimate of drug-likeness (QED) is 0.852. The Bertz CT molecular complexity index is 654. The minimum atomic E-state index is -0.767. The van der Waals surface area contributed by atoms with Gasteiger partial charge in [0.15, 0.2) is 6.61 Å². The number of aryl methyl sites for hydroxylation is 1. The maximum atomic E-state index is 13.0. The van der Waals surface area contributed by atoms with Crippen molar-refractivity contribution in [3.63, 3.8) is 0 Å². The molecule has 0 saturated carbocycles. The second-order valence-corrected chi connectivity index (χ2v) is 4.52. The fourth-order valence-corrected chi connectivity index (χ4v) is 1.72. The van der Waals surface area contributed by atoms with Crippen LogP contribution < -0.4 is 15.8 Å². The highest BCUT2D eigenvalue weighted by Gasteiger charge is 2.08. The first-order chi connectivity index (χ1) is 9.94. The molecule has 0 aromatic heterocycles. The lowest BCUT2D eigenvalue weighted by atomic mass is 10.2. The lowest BCUT2D eigenvalue weighted by Crippen LogP contribution is -2.20. The number of nitrogens with two attached hydrogens (primary N) is 1. The first-order valence-corrected chi connectivity index (χ1v) is 6.19. The third-order valence-electron chi connectivity index (χ3n) is 2.74. The molecule has 0 spiro atoms. The number of halogens is 2. The van der Waals surface area contributed by atoms with E-state index in [-0.39, 0.29) is 12.4 Å². The number of ether oxygens (including phenoxy) is 1. The Morgan fingerprint density at radius 3 is 2.52 bits per heavy atom. The van der Waals surface area contributed by atoms with Crippen LogP contribution in [0.25, 0.3) is 0 Å². The standard InChI is InChI=1S/C15H14F2N2O2/c1-9-2-3-12(18)7-14(9)19-15(20)8-21-13-5-10(16)4-11(17)6-13/h2-7H,8,18H2,1H3,(H,19,20). The topological polar surface area (TPSA) is 64.3 Å². The first-order valence-electron chi connectivity index (χ1n) is 6.19. The van der Waals surface area contributed by atoms with Crippen molar-refractivity contribution >= 4 is 17.3 Å². The summed E-state index contributed by atoms with van der Waals surface area (Å²) >= 11 is 0. The molecule has 0 saturated heterocycles. The van der Waals surface area contributed by atoms with Crippen LogP contribution in [0.5, 0.6) is 5.75 Å². The molecule has 0 radical (unpaired) electrons. The molecular weight excluding hydrogens is 278 g/mol. The van der Waals surface area contributed by atoms with Crippen molar-refractivity contribution in [2.24, 2.45) is 0 Å². The molecule has 1 amide bonds. The Morgan fingerprint density at radius 2 is 1.86 bits per heavy atom. The number of nitrogens with one attached hydrogen (secondary N) is 1. The highest BCUT2D eigenvalue weighted by atomic mass is 19.1. The molecule has 0 aliphatic rings. The summed E-state index contributed by atoms with van der Waals surface area (Å²) in [5.74, 6) is -2.03. The molecule has 21 heavy (non-hydrogen) atoms. The fraction of sp³-hybridized carbons (Fsp3) is 0.133. The van der Waals surface area contributed by atoms with E-state index in [4.69, 9.17) is 10.5 Å². The van der Waals surface area contributed by atoms with E-state index in [0.717, 1.165) is 23.8 Å². The predicted molar refractivity (Wildman–Crippen MR) is 76.1 cm³/mol. The summed E-state index contributed by atoms with van der Waals surface area (Å²) in [5.41, 5.74) is 7.56. The number of benzene rings is 2. The summed E-state index contributed by atoms with van der Waals surface area (Å²) in [4.78, 5) is 11.8. The van der Waals surface area contributed by atoms with Crippen molar-refractivity contribution in [1.82, 2.24) is 0 Å². The van der Waals surface area contributed by atoms with Crippen LogP contribution in [-0.4, -0.2) is 12.5 Å². The Morgan fingerprint density at radius 1 is 1.19 bits per heavy atom. The van der Waals surface area contributed by atoms with Crippen LogP contribution in [0.4, 0.5) is 20.2 Å². The van der Waals surface area contributed by atoms with Crippen molar-refractivity contribution in [3.05, 3.63) is 53.6 Å². The lowest BCUT2D eigenvalue weighted by Gasteiger charge is -2.10. The maximum Gasteiger partial charge on any atom is 0.262 e. The summed E-state index contributed by atoms with van der Waals surface area (Å²) < 4.78 is 31.0. The number of rotatable bonds is 4. The van der Waals surface area contributed by atoms with Gasteiger partial charge in [0.25, 0.3) is 5.91 Å². The highest BCUT2D eigenvalue weighted by molar-refractivity contribution is 5.93. The van der Waals surface area contributed by atoms with Gasteiger partial charge < -0.3 is 15.8 Å². The number of anilines is 2. The van der Waals surface area contributed by atoms with E-state index in [1.54, 1.807) is 18.2 Å². The van der Waals surface area contributed by atoms with Gasteiger partial charge in [-0.15, -0.1) is 0 Å². The minimum absolute atomic E-state index is 0.0491. The molecule has 2 aromatic carbocycles. The molecule has 3 N–H and O–H groups in total. The monoisotopic (exact) mass is 292 g/mol. The SMILES string of the molecule is Cc1ccc(N)cc1NC(=O)COc1cc(F)cc(F)c1. The van der Waals surface area contributed by atoms with Crippen LogP contribution in [0, 0.1) is 18.6 Å². The van der Waals surface area contributed by atoms with E-state index >= 15 is 0 Å². The summed E-state index contributed by atoms with van der Waals surface area (Å²) in [7, 11) is 0. The molecule has 110 valence electrons. The summed E-state index contributed by atoms with van der Waals surface area (Å²) in [6.45, 7) is 1.45. The van der Waals surface area contributed by atoms with Crippen molar-refractivity contribution < 1.29 is 18.3 Å². The number of carbonyl (C=O) groups excluding carboxylic acids is 1. The van der Waals surface area contributed by atoms with Gasteiger partial charge in [-0.05, 0) is 24.6 Å². The third-order valence-corrected chi connectivity index (χ3v) is 2.74. The predicted octanol–water partition coefficient (Wildman–Crippen LogP) is 2.87. The van der Waals surface area contributed by atoms with Crippen LogP contribution in [0.1, 0.15) is 5.56 Å². The van der Waals surface area contributed by atoms with Crippen molar-refractivity contribution in [2.45, 2.75) is 6.92 Å².